The van der Waals surface area contributed by atoms with Crippen LogP contribution in [-0.2, 0) is 4.79 Å². The number of halogens is 1. The molecule has 2 aromatic rings. The van der Waals surface area contributed by atoms with Gasteiger partial charge < -0.3 is 4.42 Å². The summed E-state index contributed by atoms with van der Waals surface area (Å²) < 4.78 is 5.01. The van der Waals surface area contributed by atoms with Crippen LogP contribution in [0.3, 0.4) is 0 Å². The van der Waals surface area contributed by atoms with Gasteiger partial charge in [0.15, 0.2) is 12.0 Å². The Hall–Kier alpha value is -1.68. The zero-order valence-electron chi connectivity index (χ0n) is 7.57. The number of oxazole rings is 1. The standard InChI is InChI=1S/C10H6ClNO3/c11-4-8(13)10(14)6-1-2-7-9(3-6)15-5-12-7/h1-3,5H,4H2. The van der Waals surface area contributed by atoms with E-state index in [0.717, 1.165) is 0 Å². The first kappa shape index (κ1) is 9.86. The maximum absolute atomic E-state index is 11.4. The number of aromatic nitrogens is 1. The molecular formula is C10H6ClNO3. The molecule has 1 aromatic heterocycles. The predicted molar refractivity (Wildman–Crippen MR) is 54.1 cm³/mol. The fourth-order valence-corrected chi connectivity index (χ4v) is 1.34. The van der Waals surface area contributed by atoms with E-state index in [4.69, 9.17) is 16.0 Å². The van der Waals surface area contributed by atoms with Crippen LogP contribution in [0.2, 0.25) is 0 Å². The Morgan fingerprint density at radius 1 is 1.40 bits per heavy atom. The van der Waals surface area contributed by atoms with Crippen molar-refractivity contribution in [3.05, 3.63) is 30.2 Å². The highest BCUT2D eigenvalue weighted by Gasteiger charge is 2.15. The van der Waals surface area contributed by atoms with Crippen LogP contribution in [0.15, 0.2) is 29.0 Å². The summed E-state index contributed by atoms with van der Waals surface area (Å²) in [6.45, 7) is 0. The number of hydrogen-bond donors (Lipinski definition) is 0. The van der Waals surface area contributed by atoms with Crippen LogP contribution in [0.5, 0.6) is 0 Å². The van der Waals surface area contributed by atoms with Gasteiger partial charge in [0.1, 0.15) is 5.52 Å². The van der Waals surface area contributed by atoms with Crippen LogP contribution in [0.25, 0.3) is 11.1 Å². The first-order chi connectivity index (χ1) is 7.22. The number of rotatable bonds is 3. The van der Waals surface area contributed by atoms with Crippen LogP contribution >= 0.6 is 11.6 Å². The summed E-state index contributed by atoms with van der Waals surface area (Å²) in [5.74, 6) is -1.55. The molecule has 0 unspecified atom stereocenters. The molecule has 0 spiro atoms. The number of hydrogen-bond acceptors (Lipinski definition) is 4. The van der Waals surface area contributed by atoms with E-state index in [1.807, 2.05) is 0 Å². The lowest BCUT2D eigenvalue weighted by molar-refractivity contribution is -0.112. The molecule has 0 amide bonds. The SMILES string of the molecule is O=C(CCl)C(=O)c1ccc2ncoc2c1. The van der Waals surface area contributed by atoms with Gasteiger partial charge >= 0.3 is 0 Å². The normalized spacial score (nSPS) is 10.5. The quantitative estimate of drug-likeness (QED) is 0.452. The van der Waals surface area contributed by atoms with Crippen molar-refractivity contribution in [2.24, 2.45) is 0 Å². The van der Waals surface area contributed by atoms with Gasteiger partial charge in [0.2, 0.25) is 11.6 Å². The largest absolute Gasteiger partial charge is 0.443 e. The Morgan fingerprint density at radius 3 is 2.93 bits per heavy atom. The fraction of sp³-hybridized carbons (Fsp3) is 0.100. The van der Waals surface area contributed by atoms with E-state index in [0.29, 0.717) is 11.1 Å². The van der Waals surface area contributed by atoms with Crippen LogP contribution < -0.4 is 0 Å². The summed E-state index contributed by atoms with van der Waals surface area (Å²) >= 11 is 5.29. The second-order valence-corrected chi connectivity index (χ2v) is 3.19. The number of carbonyl (C=O) groups is 2. The van der Waals surface area contributed by atoms with E-state index < -0.39 is 11.6 Å². The van der Waals surface area contributed by atoms with Crippen molar-refractivity contribution in [1.29, 1.82) is 0 Å². The van der Waals surface area contributed by atoms with Gasteiger partial charge in [-0.3, -0.25) is 9.59 Å². The molecular weight excluding hydrogens is 218 g/mol. The highest BCUT2D eigenvalue weighted by molar-refractivity contribution is 6.51. The van der Waals surface area contributed by atoms with E-state index in [9.17, 15) is 9.59 Å². The number of ketones is 2. The van der Waals surface area contributed by atoms with E-state index in [-0.39, 0.29) is 11.4 Å². The average molecular weight is 224 g/mol. The number of nitrogens with zero attached hydrogens (tertiary/aromatic N) is 1. The Labute approximate surface area is 89.8 Å². The lowest BCUT2D eigenvalue weighted by Crippen LogP contribution is -2.15. The number of benzene rings is 1. The molecule has 0 saturated heterocycles. The van der Waals surface area contributed by atoms with E-state index in [2.05, 4.69) is 4.98 Å². The summed E-state index contributed by atoms with van der Waals surface area (Å²) in [4.78, 5) is 26.4. The Kier molecular flexibility index (Phi) is 2.51. The summed E-state index contributed by atoms with van der Waals surface area (Å²) in [6, 6.07) is 4.63. The fourth-order valence-electron chi connectivity index (χ4n) is 1.22. The molecule has 2 rings (SSSR count). The average Bonchev–Trinajstić information content (AvgIpc) is 2.73. The van der Waals surface area contributed by atoms with Gasteiger partial charge in [-0.05, 0) is 18.2 Å². The predicted octanol–water partition coefficient (Wildman–Crippen LogP) is 1.82. The topological polar surface area (TPSA) is 60.2 Å². The van der Waals surface area contributed by atoms with Gasteiger partial charge in [-0.1, -0.05) is 0 Å². The van der Waals surface area contributed by atoms with Crippen LogP contribution in [-0.4, -0.2) is 22.4 Å². The number of fused-ring (bicyclic) bond motifs is 1. The van der Waals surface area contributed by atoms with Crippen molar-refractivity contribution >= 4 is 34.3 Å². The van der Waals surface area contributed by atoms with Crippen molar-refractivity contribution in [3.63, 3.8) is 0 Å². The lowest BCUT2D eigenvalue weighted by atomic mass is 10.1. The maximum atomic E-state index is 11.4. The number of Topliss-reactive ketones (excluding diaryl/α,β-unsaturated/α-hetero) is 2. The molecule has 5 heteroatoms. The van der Waals surface area contributed by atoms with Gasteiger partial charge in [0.25, 0.3) is 0 Å². The first-order valence-electron chi connectivity index (χ1n) is 4.19. The minimum Gasteiger partial charge on any atom is -0.443 e. The lowest BCUT2D eigenvalue weighted by Gasteiger charge is -1.96. The summed E-state index contributed by atoms with van der Waals surface area (Å²) in [5, 5.41) is 0. The molecule has 0 aliphatic rings. The Balaban J connectivity index is 2.44. The molecule has 15 heavy (non-hydrogen) atoms. The second kappa shape index (κ2) is 3.82. The van der Waals surface area contributed by atoms with Gasteiger partial charge in [0, 0.05) is 5.56 Å². The molecule has 1 heterocycles. The third-order valence-electron chi connectivity index (χ3n) is 1.97. The minimum absolute atomic E-state index is 0.268. The van der Waals surface area contributed by atoms with Crippen molar-refractivity contribution in [1.82, 2.24) is 4.98 Å². The summed E-state index contributed by atoms with van der Waals surface area (Å²) in [7, 11) is 0. The van der Waals surface area contributed by atoms with Crippen molar-refractivity contribution in [2.75, 3.05) is 5.88 Å². The highest BCUT2D eigenvalue weighted by Crippen LogP contribution is 2.14. The maximum Gasteiger partial charge on any atom is 0.229 e. The second-order valence-electron chi connectivity index (χ2n) is 2.92. The van der Waals surface area contributed by atoms with Crippen LogP contribution in [0.4, 0.5) is 0 Å². The smallest absolute Gasteiger partial charge is 0.229 e. The molecule has 76 valence electrons. The van der Waals surface area contributed by atoms with Crippen molar-refractivity contribution < 1.29 is 14.0 Å². The van der Waals surface area contributed by atoms with E-state index >= 15 is 0 Å². The van der Waals surface area contributed by atoms with Crippen molar-refractivity contribution in [2.45, 2.75) is 0 Å². The molecule has 0 aliphatic heterocycles. The van der Waals surface area contributed by atoms with Gasteiger partial charge in [-0.15, -0.1) is 11.6 Å². The summed E-state index contributed by atoms with van der Waals surface area (Å²) in [5.41, 5.74) is 1.39. The number of carbonyl (C=O) groups excluding carboxylic acids is 2. The third kappa shape index (κ3) is 1.76. The molecule has 4 nitrogen and oxygen atoms in total. The first-order valence-corrected chi connectivity index (χ1v) is 4.72. The molecule has 0 radical (unpaired) electrons. The van der Waals surface area contributed by atoms with Gasteiger partial charge in [0.05, 0.1) is 5.88 Å². The summed E-state index contributed by atoms with van der Waals surface area (Å²) in [6.07, 6.45) is 1.28. The molecule has 0 atom stereocenters. The molecule has 0 N–H and O–H groups in total. The van der Waals surface area contributed by atoms with Gasteiger partial charge in [-0.2, -0.15) is 0 Å². The molecule has 0 aliphatic carbocycles. The monoisotopic (exact) mass is 223 g/mol. The molecule has 0 saturated carbocycles. The third-order valence-corrected chi connectivity index (χ3v) is 2.21. The van der Waals surface area contributed by atoms with Crippen molar-refractivity contribution in [3.8, 4) is 0 Å². The molecule has 0 bridgehead atoms. The Bertz CT molecular complexity index is 532. The van der Waals surface area contributed by atoms with E-state index in [1.54, 1.807) is 6.07 Å². The van der Waals surface area contributed by atoms with Crippen LogP contribution in [0, 0.1) is 0 Å². The molecule has 1 aromatic carbocycles. The minimum atomic E-state index is -0.629. The Morgan fingerprint density at radius 2 is 2.20 bits per heavy atom. The van der Waals surface area contributed by atoms with Crippen LogP contribution in [0.1, 0.15) is 10.4 Å². The molecule has 0 fully saturated rings. The highest BCUT2D eigenvalue weighted by atomic mass is 35.5. The van der Waals surface area contributed by atoms with Gasteiger partial charge in [-0.25, -0.2) is 4.98 Å². The zero-order valence-corrected chi connectivity index (χ0v) is 8.32. The zero-order chi connectivity index (χ0) is 10.8. The number of alkyl halides is 1. The van der Waals surface area contributed by atoms with E-state index in [1.165, 1.54) is 18.5 Å².